The fourth-order valence-corrected chi connectivity index (χ4v) is 5.87. The molecule has 0 fully saturated rings. The van der Waals surface area contributed by atoms with Gasteiger partial charge in [-0.3, -0.25) is 24.6 Å². The molecular formula is C39H41ClN6O6. The lowest BCUT2D eigenvalue weighted by Crippen LogP contribution is -2.44. The van der Waals surface area contributed by atoms with Crippen molar-refractivity contribution < 1.29 is 29.0 Å². The van der Waals surface area contributed by atoms with Crippen molar-refractivity contribution in [2.24, 2.45) is 19.8 Å². The van der Waals surface area contributed by atoms with Crippen molar-refractivity contribution >= 4 is 47.3 Å². The number of aromatic nitrogens is 2. The van der Waals surface area contributed by atoms with E-state index >= 15 is 0 Å². The van der Waals surface area contributed by atoms with Crippen LogP contribution in [0.3, 0.4) is 0 Å². The summed E-state index contributed by atoms with van der Waals surface area (Å²) in [5.74, 6) is 10.3. The molecule has 2 aliphatic rings. The molecule has 0 unspecified atom stereocenters. The first-order valence-corrected chi connectivity index (χ1v) is 16.5. The molecule has 2 bridgehead atoms. The van der Waals surface area contributed by atoms with Crippen LogP contribution in [0, 0.1) is 29.1 Å². The molecule has 270 valence electrons. The number of carbonyl (C=O) groups excluding carboxylic acids is 4. The van der Waals surface area contributed by atoms with E-state index in [0.717, 1.165) is 11.1 Å². The average Bonchev–Trinajstić information content (AvgIpc) is 3.64. The number of anilines is 1. The molecule has 2 heterocycles. The number of hydrogen-bond donors (Lipinski definition) is 5. The normalized spacial score (nSPS) is 18.2. The molecule has 2 aromatic heterocycles. The Morgan fingerprint density at radius 3 is 2.48 bits per heavy atom. The molecule has 0 spiro atoms. The predicted molar refractivity (Wildman–Crippen MR) is 199 cm³/mol. The molecule has 5 rings (SSSR count). The van der Waals surface area contributed by atoms with Crippen molar-refractivity contribution in [1.82, 2.24) is 14.5 Å². The Labute approximate surface area is 308 Å². The number of nitrogens with one attached hydrogen (secondary N) is 3. The van der Waals surface area contributed by atoms with Crippen molar-refractivity contribution in [3.05, 3.63) is 101 Å². The van der Waals surface area contributed by atoms with Crippen LogP contribution in [-0.4, -0.2) is 61.7 Å². The summed E-state index contributed by atoms with van der Waals surface area (Å²) >= 11 is 0. The second-order valence-corrected chi connectivity index (χ2v) is 12.6. The van der Waals surface area contributed by atoms with Crippen molar-refractivity contribution in [2.75, 3.05) is 11.9 Å². The van der Waals surface area contributed by atoms with Gasteiger partial charge in [0, 0.05) is 57.9 Å². The third kappa shape index (κ3) is 9.98. The Hall–Kier alpha value is -5.66. The van der Waals surface area contributed by atoms with E-state index in [0.29, 0.717) is 41.1 Å². The maximum Gasteiger partial charge on any atom is 0.267 e. The lowest BCUT2D eigenvalue weighted by Gasteiger charge is -2.30. The maximum atomic E-state index is 13.2. The summed E-state index contributed by atoms with van der Waals surface area (Å²) in [6, 6.07) is 10.6. The minimum Gasteiger partial charge on any atom is -0.388 e. The molecule has 0 radical (unpaired) electrons. The number of fused-ring (bicyclic) bond motifs is 2. The quantitative estimate of drug-likeness (QED) is 0.0776. The van der Waals surface area contributed by atoms with Gasteiger partial charge in [-0.15, -0.1) is 12.4 Å². The maximum absolute atomic E-state index is 13.2. The summed E-state index contributed by atoms with van der Waals surface area (Å²) in [4.78, 5) is 51.7. The first kappa shape index (κ1) is 39.1. The molecule has 1 aromatic carbocycles. The molecule has 0 saturated heterocycles. The fraction of sp³-hybridized carbons (Fsp3) is 0.308. The Bertz CT molecular complexity index is 2050. The van der Waals surface area contributed by atoms with Gasteiger partial charge in [-0.1, -0.05) is 54.0 Å². The number of carbonyl (C=O) groups is 4. The standard InChI is InChI=1S/C39H40N6O6.ClH/c1-44-23-28(19-32(44)38(49)42-18-15-35(40)41)20-33(46)31-22-29(24-45(31)2)43-36(47)21-26-11-13-27(14-12-26)25-51-34-10-6-4-3-5-7-16-39(50)17-8-9-30(34)37(39)48;/h3-4,9,11-14,19,22-24,34,50H,8,15-18,20-21,25H2,1-2H3,(H3,40,41)(H,42,49)(H,43,47);1H/b4-3-;/t34-,39-;/m0./s1. The Kier molecular flexibility index (Phi) is 13.2. The van der Waals surface area contributed by atoms with Crippen molar-refractivity contribution in [1.29, 1.82) is 5.41 Å². The van der Waals surface area contributed by atoms with Crippen molar-refractivity contribution in [3.63, 3.8) is 0 Å². The minimum atomic E-state index is -1.55. The summed E-state index contributed by atoms with van der Waals surface area (Å²) < 4.78 is 9.36. The van der Waals surface area contributed by atoms with Gasteiger partial charge < -0.3 is 35.3 Å². The van der Waals surface area contributed by atoms with Gasteiger partial charge in [0.15, 0.2) is 11.6 Å². The SMILES string of the molecule is Cl.Cn1cc(NC(=O)Cc2ccc(CO[C@H]3C#C/C=C\C#CC[C@]4(O)CCC=C3C4=O)cc2)cc1C(=O)Cc1cc(C(=O)NCCC(=N)N)n(C)c1. The number of aliphatic hydroxyl groups is 1. The van der Waals surface area contributed by atoms with E-state index in [-0.39, 0.29) is 74.7 Å². The minimum absolute atomic E-state index is 0. The Morgan fingerprint density at radius 1 is 1.02 bits per heavy atom. The number of allylic oxidation sites excluding steroid dienone is 3. The van der Waals surface area contributed by atoms with Crippen molar-refractivity contribution in [2.45, 2.75) is 56.8 Å². The van der Waals surface area contributed by atoms with Gasteiger partial charge in [0.1, 0.15) is 17.4 Å². The number of halogens is 1. The van der Waals surface area contributed by atoms with Gasteiger partial charge in [0.2, 0.25) is 5.91 Å². The zero-order chi connectivity index (χ0) is 36.5. The number of Topliss-reactive ketones (excluding diaryl/α,β-unsaturated/α-hetero) is 2. The van der Waals surface area contributed by atoms with Crippen LogP contribution in [0.4, 0.5) is 5.69 Å². The van der Waals surface area contributed by atoms with Gasteiger partial charge in [-0.2, -0.15) is 0 Å². The second kappa shape index (κ2) is 17.5. The van der Waals surface area contributed by atoms with E-state index in [1.54, 1.807) is 66.0 Å². The summed E-state index contributed by atoms with van der Waals surface area (Å²) in [5.41, 5.74) is 7.65. The molecule has 52 heavy (non-hydrogen) atoms. The zero-order valence-corrected chi connectivity index (χ0v) is 29.8. The molecule has 2 amide bonds. The number of hydrogen-bond acceptors (Lipinski definition) is 7. The van der Waals surface area contributed by atoms with Crippen LogP contribution in [-0.2, 0) is 47.9 Å². The largest absolute Gasteiger partial charge is 0.388 e. The molecule has 0 saturated carbocycles. The molecule has 2 aliphatic carbocycles. The number of ether oxygens (including phenoxy) is 1. The van der Waals surface area contributed by atoms with Gasteiger partial charge >= 0.3 is 0 Å². The molecule has 13 heteroatoms. The molecular weight excluding hydrogens is 684 g/mol. The number of nitrogens with two attached hydrogens (primary N) is 1. The lowest BCUT2D eigenvalue weighted by atomic mass is 9.79. The van der Waals surface area contributed by atoms with Gasteiger partial charge in [0.05, 0.1) is 30.2 Å². The van der Waals surface area contributed by atoms with Crippen LogP contribution in [0.25, 0.3) is 0 Å². The number of amides is 2. The molecule has 6 N–H and O–H groups in total. The van der Waals surface area contributed by atoms with E-state index in [1.807, 2.05) is 24.3 Å². The Morgan fingerprint density at radius 2 is 1.73 bits per heavy atom. The number of aryl methyl sites for hydroxylation is 2. The second-order valence-electron chi connectivity index (χ2n) is 12.6. The smallest absolute Gasteiger partial charge is 0.267 e. The average molecular weight is 725 g/mol. The highest BCUT2D eigenvalue weighted by Crippen LogP contribution is 2.30. The van der Waals surface area contributed by atoms with Gasteiger partial charge in [-0.25, -0.2) is 0 Å². The first-order valence-electron chi connectivity index (χ1n) is 16.5. The van der Waals surface area contributed by atoms with Crippen LogP contribution < -0.4 is 16.4 Å². The van der Waals surface area contributed by atoms with Crippen molar-refractivity contribution in [3.8, 4) is 23.7 Å². The third-order valence-electron chi connectivity index (χ3n) is 8.55. The number of nitrogens with zero attached hydrogens (tertiary/aromatic N) is 2. The van der Waals surface area contributed by atoms with Gasteiger partial charge in [-0.05, 0) is 53.8 Å². The van der Waals surface area contributed by atoms with Crippen LogP contribution >= 0.6 is 12.4 Å². The van der Waals surface area contributed by atoms with Crippen LogP contribution in [0.15, 0.2) is 72.6 Å². The number of benzene rings is 1. The number of rotatable bonds is 13. The lowest BCUT2D eigenvalue weighted by molar-refractivity contribution is -0.135. The summed E-state index contributed by atoms with van der Waals surface area (Å²) in [7, 11) is 3.44. The highest BCUT2D eigenvalue weighted by atomic mass is 35.5. The fourth-order valence-electron chi connectivity index (χ4n) is 5.87. The topological polar surface area (TPSA) is 182 Å². The number of amidine groups is 1. The summed E-state index contributed by atoms with van der Waals surface area (Å²) in [6.07, 6.45) is 8.80. The molecule has 12 nitrogen and oxygen atoms in total. The van der Waals surface area contributed by atoms with E-state index < -0.39 is 17.5 Å². The molecule has 3 aromatic rings. The van der Waals surface area contributed by atoms with E-state index in [1.165, 1.54) is 0 Å². The van der Waals surface area contributed by atoms with Gasteiger partial charge in [0.25, 0.3) is 5.91 Å². The molecule has 0 aliphatic heterocycles. The number of ketones is 2. The highest BCUT2D eigenvalue weighted by molar-refractivity contribution is 6.04. The van der Waals surface area contributed by atoms with E-state index in [2.05, 4.69) is 34.3 Å². The third-order valence-corrected chi connectivity index (χ3v) is 8.55. The predicted octanol–water partition coefficient (Wildman–Crippen LogP) is 3.32. The zero-order valence-electron chi connectivity index (χ0n) is 29.0. The Balaban J connectivity index is 0.00000605. The van der Waals surface area contributed by atoms with E-state index in [4.69, 9.17) is 15.9 Å². The van der Waals surface area contributed by atoms with Crippen LogP contribution in [0.5, 0.6) is 0 Å². The van der Waals surface area contributed by atoms with Crippen LogP contribution in [0.1, 0.15) is 63.4 Å². The van der Waals surface area contributed by atoms with Crippen LogP contribution in [0.2, 0.25) is 0 Å². The molecule has 2 atom stereocenters. The monoisotopic (exact) mass is 724 g/mol. The summed E-state index contributed by atoms with van der Waals surface area (Å²) in [6.45, 7) is 0.405. The summed E-state index contributed by atoms with van der Waals surface area (Å²) in [5, 5.41) is 23.8. The highest BCUT2D eigenvalue weighted by Gasteiger charge is 2.41. The van der Waals surface area contributed by atoms with E-state index in [9.17, 15) is 24.3 Å². The first-order chi connectivity index (χ1) is 24.4.